The van der Waals surface area contributed by atoms with Crippen molar-refractivity contribution in [1.82, 2.24) is 9.47 Å². The van der Waals surface area contributed by atoms with Crippen LogP contribution in [0.3, 0.4) is 0 Å². The van der Waals surface area contributed by atoms with Crippen LogP contribution in [0.15, 0.2) is 29.2 Å². The van der Waals surface area contributed by atoms with E-state index >= 15 is 0 Å². The summed E-state index contributed by atoms with van der Waals surface area (Å²) in [5.74, 6) is -0.920. The maximum atomic E-state index is 11.6. The van der Waals surface area contributed by atoms with E-state index in [9.17, 15) is 9.59 Å². The number of piperidine rings is 1. The van der Waals surface area contributed by atoms with Crippen molar-refractivity contribution in [2.75, 3.05) is 26.2 Å². The summed E-state index contributed by atoms with van der Waals surface area (Å²) in [5, 5.41) is 8.56. The third kappa shape index (κ3) is 4.47. The first-order valence-corrected chi connectivity index (χ1v) is 6.86. The number of rotatable bonds is 6. The molecule has 6 nitrogen and oxygen atoms in total. The van der Waals surface area contributed by atoms with Gasteiger partial charge < -0.3 is 19.3 Å². The van der Waals surface area contributed by atoms with E-state index in [-0.39, 0.29) is 18.3 Å². The SMILES string of the molecule is O=C(O)COC1CCN(CCn2ccccc2=O)CC1. The Morgan fingerprint density at radius 3 is 2.70 bits per heavy atom. The van der Waals surface area contributed by atoms with Crippen LogP contribution in [-0.2, 0) is 16.1 Å². The Kier molecular flexibility index (Phi) is 5.31. The molecule has 1 fully saturated rings. The molecule has 0 radical (unpaired) electrons. The minimum atomic E-state index is -0.920. The van der Waals surface area contributed by atoms with Crippen LogP contribution >= 0.6 is 0 Å². The molecule has 6 heteroatoms. The van der Waals surface area contributed by atoms with Crippen LogP contribution in [0.4, 0.5) is 0 Å². The number of hydrogen-bond donors (Lipinski definition) is 1. The first-order chi connectivity index (χ1) is 9.65. The molecule has 0 saturated carbocycles. The highest BCUT2D eigenvalue weighted by molar-refractivity contribution is 5.68. The molecule has 20 heavy (non-hydrogen) atoms. The number of carboxylic acids is 1. The van der Waals surface area contributed by atoms with Gasteiger partial charge in [-0.15, -0.1) is 0 Å². The Morgan fingerprint density at radius 2 is 2.05 bits per heavy atom. The number of aliphatic carboxylic acids is 1. The topological polar surface area (TPSA) is 71.8 Å². The van der Waals surface area contributed by atoms with Gasteiger partial charge in [0, 0.05) is 38.4 Å². The fourth-order valence-electron chi connectivity index (χ4n) is 2.38. The third-order valence-corrected chi connectivity index (χ3v) is 3.53. The fourth-order valence-corrected chi connectivity index (χ4v) is 2.38. The Balaban J connectivity index is 1.71. The van der Waals surface area contributed by atoms with Crippen LogP contribution in [-0.4, -0.2) is 52.9 Å². The molecule has 0 bridgehead atoms. The lowest BCUT2D eigenvalue weighted by Crippen LogP contribution is -2.39. The van der Waals surface area contributed by atoms with E-state index in [2.05, 4.69) is 4.90 Å². The first kappa shape index (κ1) is 14.7. The van der Waals surface area contributed by atoms with Crippen molar-refractivity contribution in [3.05, 3.63) is 34.7 Å². The van der Waals surface area contributed by atoms with Gasteiger partial charge in [0.15, 0.2) is 0 Å². The summed E-state index contributed by atoms with van der Waals surface area (Å²) >= 11 is 0. The van der Waals surface area contributed by atoms with Gasteiger partial charge in [-0.3, -0.25) is 4.79 Å². The number of carbonyl (C=O) groups is 1. The molecular weight excluding hydrogens is 260 g/mol. The van der Waals surface area contributed by atoms with Crippen LogP contribution in [0.1, 0.15) is 12.8 Å². The van der Waals surface area contributed by atoms with Gasteiger partial charge in [0.2, 0.25) is 0 Å². The number of hydrogen-bond acceptors (Lipinski definition) is 4. The fraction of sp³-hybridized carbons (Fsp3) is 0.571. The molecule has 1 aromatic heterocycles. The number of carboxylic acid groups (broad SMARTS) is 1. The molecule has 0 aromatic carbocycles. The lowest BCUT2D eigenvalue weighted by atomic mass is 10.1. The summed E-state index contributed by atoms with van der Waals surface area (Å²) in [4.78, 5) is 24.3. The van der Waals surface area contributed by atoms with Gasteiger partial charge in [-0.05, 0) is 18.9 Å². The van der Waals surface area contributed by atoms with E-state index in [0.29, 0.717) is 6.54 Å². The van der Waals surface area contributed by atoms with Gasteiger partial charge in [-0.25, -0.2) is 4.79 Å². The predicted molar refractivity (Wildman–Crippen MR) is 73.8 cm³/mol. The predicted octanol–water partition coefficient (Wildman–Crippen LogP) is 0.414. The minimum Gasteiger partial charge on any atom is -0.480 e. The van der Waals surface area contributed by atoms with Crippen LogP contribution in [0.2, 0.25) is 0 Å². The molecule has 0 atom stereocenters. The quantitative estimate of drug-likeness (QED) is 0.817. The second kappa shape index (κ2) is 7.21. The van der Waals surface area contributed by atoms with Crippen molar-refractivity contribution in [3.8, 4) is 0 Å². The van der Waals surface area contributed by atoms with E-state index in [1.807, 2.05) is 6.07 Å². The second-order valence-electron chi connectivity index (χ2n) is 4.98. The molecule has 1 aromatic rings. The highest BCUT2D eigenvalue weighted by Gasteiger charge is 2.20. The Hall–Kier alpha value is -1.66. The zero-order valence-corrected chi connectivity index (χ0v) is 11.4. The summed E-state index contributed by atoms with van der Waals surface area (Å²) in [6.45, 7) is 3.05. The summed E-state index contributed by atoms with van der Waals surface area (Å²) in [7, 11) is 0. The number of ether oxygens (including phenoxy) is 1. The maximum Gasteiger partial charge on any atom is 0.329 e. The molecule has 1 saturated heterocycles. The molecule has 0 aliphatic carbocycles. The molecule has 1 aliphatic heterocycles. The van der Waals surface area contributed by atoms with Crippen LogP contribution in [0, 0.1) is 0 Å². The Labute approximate surface area is 117 Å². The number of aromatic nitrogens is 1. The van der Waals surface area contributed by atoms with Crippen molar-refractivity contribution >= 4 is 5.97 Å². The highest BCUT2D eigenvalue weighted by atomic mass is 16.5. The molecule has 1 N–H and O–H groups in total. The van der Waals surface area contributed by atoms with E-state index in [1.165, 1.54) is 0 Å². The third-order valence-electron chi connectivity index (χ3n) is 3.53. The molecule has 0 spiro atoms. The van der Waals surface area contributed by atoms with Gasteiger partial charge >= 0.3 is 5.97 Å². The van der Waals surface area contributed by atoms with Gasteiger partial charge in [0.1, 0.15) is 6.61 Å². The van der Waals surface area contributed by atoms with E-state index in [0.717, 1.165) is 32.5 Å². The Morgan fingerprint density at radius 1 is 1.30 bits per heavy atom. The van der Waals surface area contributed by atoms with Gasteiger partial charge in [0.25, 0.3) is 5.56 Å². The minimum absolute atomic E-state index is 0.0205. The van der Waals surface area contributed by atoms with Gasteiger partial charge in [0.05, 0.1) is 6.10 Å². The molecule has 2 rings (SSSR count). The summed E-state index contributed by atoms with van der Waals surface area (Å²) in [6, 6.07) is 5.16. The number of pyridine rings is 1. The summed E-state index contributed by atoms with van der Waals surface area (Å²) < 4.78 is 6.99. The lowest BCUT2D eigenvalue weighted by Gasteiger charge is -2.31. The molecule has 1 aliphatic rings. The number of likely N-dealkylation sites (tertiary alicyclic amines) is 1. The van der Waals surface area contributed by atoms with E-state index in [4.69, 9.17) is 9.84 Å². The lowest BCUT2D eigenvalue weighted by molar-refractivity contribution is -0.145. The molecule has 0 amide bonds. The van der Waals surface area contributed by atoms with Crippen molar-refractivity contribution in [3.63, 3.8) is 0 Å². The van der Waals surface area contributed by atoms with Crippen LogP contribution in [0.25, 0.3) is 0 Å². The van der Waals surface area contributed by atoms with E-state index in [1.54, 1.807) is 22.9 Å². The average Bonchev–Trinajstić information content (AvgIpc) is 2.45. The second-order valence-corrected chi connectivity index (χ2v) is 4.98. The molecule has 0 unspecified atom stereocenters. The average molecular weight is 280 g/mol. The molecular formula is C14H20N2O4. The van der Waals surface area contributed by atoms with Crippen LogP contribution < -0.4 is 5.56 Å². The maximum absolute atomic E-state index is 11.6. The standard InChI is InChI=1S/C14H20N2O4/c17-13-3-1-2-6-16(13)10-9-15-7-4-12(5-8-15)20-11-14(18)19/h1-3,6,12H,4-5,7-11H2,(H,18,19). The smallest absolute Gasteiger partial charge is 0.329 e. The van der Waals surface area contributed by atoms with Crippen molar-refractivity contribution < 1.29 is 14.6 Å². The van der Waals surface area contributed by atoms with Gasteiger partial charge in [-0.1, -0.05) is 6.07 Å². The zero-order chi connectivity index (χ0) is 14.4. The monoisotopic (exact) mass is 280 g/mol. The molecule has 2 heterocycles. The van der Waals surface area contributed by atoms with Crippen molar-refractivity contribution in [2.45, 2.75) is 25.5 Å². The van der Waals surface area contributed by atoms with E-state index < -0.39 is 5.97 Å². The molecule has 110 valence electrons. The Bertz CT molecular complexity index is 492. The zero-order valence-electron chi connectivity index (χ0n) is 11.4. The normalized spacial score (nSPS) is 17.2. The summed E-state index contributed by atoms with van der Waals surface area (Å²) in [5.41, 5.74) is 0.0205. The number of nitrogens with zero attached hydrogens (tertiary/aromatic N) is 2. The van der Waals surface area contributed by atoms with Crippen molar-refractivity contribution in [1.29, 1.82) is 0 Å². The summed E-state index contributed by atoms with van der Waals surface area (Å²) in [6.07, 6.45) is 3.53. The van der Waals surface area contributed by atoms with Crippen LogP contribution in [0.5, 0.6) is 0 Å². The van der Waals surface area contributed by atoms with Crippen molar-refractivity contribution in [2.24, 2.45) is 0 Å². The highest BCUT2D eigenvalue weighted by Crippen LogP contribution is 2.13. The first-order valence-electron chi connectivity index (χ1n) is 6.86. The largest absolute Gasteiger partial charge is 0.480 e. The van der Waals surface area contributed by atoms with Gasteiger partial charge in [-0.2, -0.15) is 0 Å².